The number of nitrogens with zero attached hydrogens (tertiary/aromatic N) is 4. The first-order valence-corrected chi connectivity index (χ1v) is 9.97. The average molecular weight is 382 g/mol. The van der Waals surface area contributed by atoms with Gasteiger partial charge in [0.25, 0.3) is 5.91 Å². The van der Waals surface area contributed by atoms with Gasteiger partial charge in [-0.05, 0) is 34.5 Å². The van der Waals surface area contributed by atoms with Crippen molar-refractivity contribution in [3.8, 4) is 0 Å². The van der Waals surface area contributed by atoms with Crippen LogP contribution in [0.5, 0.6) is 0 Å². The van der Waals surface area contributed by atoms with E-state index in [4.69, 9.17) is 0 Å². The lowest BCUT2D eigenvalue weighted by molar-refractivity contribution is 0.0629. The fraction of sp³-hybridized carbons (Fsp3) is 0.208. The number of carbonyl (C=O) groups excluding carboxylic acids is 1. The minimum atomic E-state index is 0.0716. The highest BCUT2D eigenvalue weighted by Crippen LogP contribution is 2.21. The molecule has 3 aromatic carbocycles. The van der Waals surface area contributed by atoms with Crippen molar-refractivity contribution in [1.29, 1.82) is 0 Å². The number of carbonyl (C=O) groups is 1. The van der Waals surface area contributed by atoms with Gasteiger partial charge in [-0.1, -0.05) is 42.5 Å². The third-order valence-corrected chi connectivity index (χ3v) is 5.65. The molecule has 29 heavy (non-hydrogen) atoms. The van der Waals surface area contributed by atoms with Crippen LogP contribution < -0.4 is 0 Å². The second-order valence-electron chi connectivity index (χ2n) is 7.47. The molecule has 0 atom stereocenters. The second-order valence-corrected chi connectivity index (χ2v) is 7.47. The highest BCUT2D eigenvalue weighted by Gasteiger charge is 2.22. The Labute approximate surface area is 169 Å². The van der Waals surface area contributed by atoms with E-state index in [1.165, 1.54) is 16.3 Å². The first kappa shape index (κ1) is 17.8. The summed E-state index contributed by atoms with van der Waals surface area (Å²) in [7, 11) is 0. The van der Waals surface area contributed by atoms with Crippen LogP contribution in [0.25, 0.3) is 21.8 Å². The van der Waals surface area contributed by atoms with Crippen LogP contribution in [-0.2, 0) is 6.54 Å². The summed E-state index contributed by atoms with van der Waals surface area (Å²) >= 11 is 0. The zero-order valence-electron chi connectivity index (χ0n) is 16.2. The number of amides is 1. The number of fused-ring (bicyclic) bond motifs is 2. The Kier molecular flexibility index (Phi) is 4.66. The molecule has 0 saturated carbocycles. The third-order valence-electron chi connectivity index (χ3n) is 5.65. The Morgan fingerprint density at radius 3 is 2.45 bits per heavy atom. The maximum Gasteiger partial charge on any atom is 0.254 e. The Morgan fingerprint density at radius 1 is 0.828 bits per heavy atom. The van der Waals surface area contributed by atoms with Gasteiger partial charge < -0.3 is 4.90 Å². The number of hydrogen-bond acceptors (Lipinski definition) is 4. The monoisotopic (exact) mass is 382 g/mol. The highest BCUT2D eigenvalue weighted by atomic mass is 16.2. The topological polar surface area (TPSA) is 49.3 Å². The van der Waals surface area contributed by atoms with Gasteiger partial charge in [0.1, 0.15) is 0 Å². The van der Waals surface area contributed by atoms with Crippen LogP contribution in [0.2, 0.25) is 0 Å². The predicted octanol–water partition coefficient (Wildman–Crippen LogP) is 3.74. The molecule has 0 N–H and O–H groups in total. The van der Waals surface area contributed by atoms with E-state index in [0.717, 1.165) is 43.8 Å². The Balaban J connectivity index is 1.26. The molecular formula is C24H22N4O. The normalized spacial score (nSPS) is 15.1. The molecule has 1 aliphatic rings. The van der Waals surface area contributed by atoms with Crippen molar-refractivity contribution >= 4 is 27.7 Å². The van der Waals surface area contributed by atoms with E-state index in [2.05, 4.69) is 57.3 Å². The Hall–Kier alpha value is -3.31. The molecule has 144 valence electrons. The molecule has 2 heterocycles. The minimum Gasteiger partial charge on any atom is -0.336 e. The molecule has 5 rings (SSSR count). The minimum absolute atomic E-state index is 0.0716. The second kappa shape index (κ2) is 7.60. The van der Waals surface area contributed by atoms with Crippen LogP contribution in [-0.4, -0.2) is 51.9 Å². The van der Waals surface area contributed by atoms with E-state index in [1.54, 1.807) is 12.4 Å². The van der Waals surface area contributed by atoms with E-state index in [1.807, 2.05) is 23.1 Å². The van der Waals surface area contributed by atoms with Gasteiger partial charge in [-0.15, -0.1) is 0 Å². The molecule has 0 radical (unpaired) electrons. The van der Waals surface area contributed by atoms with Crippen molar-refractivity contribution < 1.29 is 4.79 Å². The molecule has 1 aromatic heterocycles. The van der Waals surface area contributed by atoms with Crippen LogP contribution in [0.15, 0.2) is 73.1 Å². The van der Waals surface area contributed by atoms with E-state index in [0.29, 0.717) is 5.56 Å². The summed E-state index contributed by atoms with van der Waals surface area (Å²) in [5.41, 5.74) is 3.59. The number of hydrogen-bond donors (Lipinski definition) is 0. The number of benzene rings is 3. The third kappa shape index (κ3) is 3.57. The SMILES string of the molecule is O=C(c1ccc2nccnc2c1)N1CCN(Cc2cccc3ccccc23)CC1. The van der Waals surface area contributed by atoms with Gasteiger partial charge >= 0.3 is 0 Å². The standard InChI is InChI=1S/C24H22N4O/c29-24(19-8-9-22-23(16-19)26-11-10-25-22)28-14-12-27(13-15-28)17-20-6-3-5-18-4-1-2-7-21(18)20/h1-11,16H,12-15,17H2. The summed E-state index contributed by atoms with van der Waals surface area (Å²) in [4.78, 5) is 25.9. The van der Waals surface area contributed by atoms with Crippen LogP contribution in [0.4, 0.5) is 0 Å². The maximum atomic E-state index is 12.9. The fourth-order valence-corrected chi connectivity index (χ4v) is 4.06. The van der Waals surface area contributed by atoms with Gasteiger partial charge in [-0.25, -0.2) is 0 Å². The van der Waals surface area contributed by atoms with Gasteiger partial charge in [0.05, 0.1) is 11.0 Å². The van der Waals surface area contributed by atoms with Crippen LogP contribution in [0.3, 0.4) is 0 Å². The van der Waals surface area contributed by atoms with Crippen molar-refractivity contribution in [1.82, 2.24) is 19.8 Å². The summed E-state index contributed by atoms with van der Waals surface area (Å²) in [6.45, 7) is 4.14. The largest absolute Gasteiger partial charge is 0.336 e. The van der Waals surface area contributed by atoms with Crippen molar-refractivity contribution in [3.05, 3.63) is 84.2 Å². The molecule has 0 aliphatic carbocycles. The Bertz CT molecular complexity index is 1180. The van der Waals surface area contributed by atoms with Gasteiger partial charge in [-0.2, -0.15) is 0 Å². The first-order valence-electron chi connectivity index (χ1n) is 9.97. The lowest BCUT2D eigenvalue weighted by atomic mass is 10.0. The predicted molar refractivity (Wildman–Crippen MR) is 115 cm³/mol. The lowest BCUT2D eigenvalue weighted by Gasteiger charge is -2.35. The summed E-state index contributed by atoms with van der Waals surface area (Å²) in [5.74, 6) is 0.0716. The summed E-state index contributed by atoms with van der Waals surface area (Å²) < 4.78 is 0. The van der Waals surface area contributed by atoms with Gasteiger partial charge in [0, 0.05) is 50.7 Å². The van der Waals surface area contributed by atoms with Crippen LogP contribution in [0, 0.1) is 0 Å². The van der Waals surface area contributed by atoms with Gasteiger partial charge in [0.2, 0.25) is 0 Å². The van der Waals surface area contributed by atoms with E-state index < -0.39 is 0 Å². The quantitative estimate of drug-likeness (QED) is 0.542. The van der Waals surface area contributed by atoms with Crippen molar-refractivity contribution in [3.63, 3.8) is 0 Å². The molecule has 0 spiro atoms. The van der Waals surface area contributed by atoms with E-state index in [9.17, 15) is 4.79 Å². The van der Waals surface area contributed by atoms with Crippen molar-refractivity contribution in [2.24, 2.45) is 0 Å². The van der Waals surface area contributed by atoms with E-state index in [-0.39, 0.29) is 5.91 Å². The highest BCUT2D eigenvalue weighted by molar-refractivity contribution is 5.97. The van der Waals surface area contributed by atoms with Gasteiger partial charge in [0.15, 0.2) is 0 Å². The first-order chi connectivity index (χ1) is 14.3. The van der Waals surface area contributed by atoms with E-state index >= 15 is 0 Å². The smallest absolute Gasteiger partial charge is 0.254 e. The van der Waals surface area contributed by atoms with Crippen molar-refractivity contribution in [2.45, 2.75) is 6.54 Å². The zero-order chi connectivity index (χ0) is 19.6. The number of piperazine rings is 1. The fourth-order valence-electron chi connectivity index (χ4n) is 4.06. The number of aromatic nitrogens is 2. The summed E-state index contributed by atoms with van der Waals surface area (Å²) in [5, 5.41) is 2.59. The van der Waals surface area contributed by atoms with Crippen LogP contribution >= 0.6 is 0 Å². The molecule has 4 aromatic rings. The molecule has 1 saturated heterocycles. The molecule has 1 amide bonds. The van der Waals surface area contributed by atoms with Crippen LogP contribution in [0.1, 0.15) is 15.9 Å². The van der Waals surface area contributed by atoms with Gasteiger partial charge in [-0.3, -0.25) is 19.7 Å². The molecule has 1 aliphatic heterocycles. The molecular weight excluding hydrogens is 360 g/mol. The molecule has 1 fully saturated rings. The molecule has 5 heteroatoms. The maximum absolute atomic E-state index is 12.9. The Morgan fingerprint density at radius 2 is 1.59 bits per heavy atom. The summed E-state index contributed by atoms with van der Waals surface area (Å²) in [6.07, 6.45) is 3.32. The number of rotatable bonds is 3. The zero-order valence-corrected chi connectivity index (χ0v) is 16.2. The average Bonchev–Trinajstić information content (AvgIpc) is 2.79. The summed E-state index contributed by atoms with van der Waals surface area (Å²) in [6, 6.07) is 20.6. The molecule has 0 bridgehead atoms. The van der Waals surface area contributed by atoms with Crippen molar-refractivity contribution in [2.75, 3.05) is 26.2 Å². The molecule has 5 nitrogen and oxygen atoms in total. The molecule has 0 unspecified atom stereocenters. The lowest BCUT2D eigenvalue weighted by Crippen LogP contribution is -2.48.